The van der Waals surface area contributed by atoms with Crippen LogP contribution >= 0.6 is 0 Å². The minimum atomic E-state index is -0.207. The van der Waals surface area contributed by atoms with Crippen molar-refractivity contribution in [3.05, 3.63) is 70.8 Å². The molecule has 0 aromatic heterocycles. The van der Waals surface area contributed by atoms with Crippen LogP contribution in [0, 0.1) is 6.92 Å². The Kier molecular flexibility index (Phi) is 5.02. The molecule has 0 saturated carbocycles. The lowest BCUT2D eigenvalue weighted by Crippen LogP contribution is -2.40. The molecular formula is C20H25NO. The molecule has 2 aromatic carbocycles. The van der Waals surface area contributed by atoms with Crippen LogP contribution in [0.2, 0.25) is 0 Å². The Balaban J connectivity index is 1.94. The highest BCUT2D eigenvalue weighted by Gasteiger charge is 2.14. The van der Waals surface area contributed by atoms with Gasteiger partial charge in [0, 0.05) is 11.1 Å². The van der Waals surface area contributed by atoms with E-state index in [1.807, 2.05) is 45.0 Å². The second-order valence-electron chi connectivity index (χ2n) is 6.89. The Morgan fingerprint density at radius 1 is 0.864 bits per heavy atom. The summed E-state index contributed by atoms with van der Waals surface area (Å²) < 4.78 is 0. The topological polar surface area (TPSA) is 29.1 Å². The highest BCUT2D eigenvalue weighted by molar-refractivity contribution is 5.94. The summed E-state index contributed by atoms with van der Waals surface area (Å²) >= 11 is 0. The summed E-state index contributed by atoms with van der Waals surface area (Å²) in [5.41, 5.74) is 4.40. The van der Waals surface area contributed by atoms with E-state index in [0.717, 1.165) is 12.8 Å². The van der Waals surface area contributed by atoms with Crippen LogP contribution in [0.3, 0.4) is 0 Å². The van der Waals surface area contributed by atoms with E-state index in [2.05, 4.69) is 36.5 Å². The fraction of sp³-hybridized carbons (Fsp3) is 0.350. The summed E-state index contributed by atoms with van der Waals surface area (Å²) in [7, 11) is 0. The van der Waals surface area contributed by atoms with E-state index < -0.39 is 0 Å². The van der Waals surface area contributed by atoms with E-state index in [-0.39, 0.29) is 11.4 Å². The second kappa shape index (κ2) is 6.78. The third-order valence-corrected chi connectivity index (χ3v) is 3.53. The zero-order chi connectivity index (χ0) is 16.2. The molecule has 0 atom stereocenters. The highest BCUT2D eigenvalue weighted by Crippen LogP contribution is 2.11. The SMILES string of the molecule is Cc1ccc(CCc2ccc(C(=O)NC(C)(C)C)cc2)cc1. The molecule has 1 amide bonds. The minimum absolute atomic E-state index is 0.0161. The van der Waals surface area contributed by atoms with E-state index in [1.54, 1.807) is 0 Å². The first-order valence-corrected chi connectivity index (χ1v) is 7.80. The van der Waals surface area contributed by atoms with Gasteiger partial charge in [0.2, 0.25) is 0 Å². The molecule has 0 aliphatic rings. The number of nitrogens with one attached hydrogen (secondary N) is 1. The third kappa shape index (κ3) is 5.03. The van der Waals surface area contributed by atoms with Gasteiger partial charge in [0.15, 0.2) is 0 Å². The molecule has 22 heavy (non-hydrogen) atoms. The van der Waals surface area contributed by atoms with E-state index in [0.29, 0.717) is 5.56 Å². The van der Waals surface area contributed by atoms with Crippen LogP contribution < -0.4 is 5.32 Å². The van der Waals surface area contributed by atoms with Gasteiger partial charge in [-0.3, -0.25) is 4.79 Å². The van der Waals surface area contributed by atoms with Gasteiger partial charge in [-0.15, -0.1) is 0 Å². The molecule has 0 bridgehead atoms. The Bertz CT molecular complexity index is 618. The van der Waals surface area contributed by atoms with Crippen molar-refractivity contribution in [2.45, 2.75) is 46.1 Å². The Hall–Kier alpha value is -2.09. The van der Waals surface area contributed by atoms with Gasteiger partial charge >= 0.3 is 0 Å². The van der Waals surface area contributed by atoms with Crippen molar-refractivity contribution in [2.24, 2.45) is 0 Å². The first kappa shape index (κ1) is 16.3. The molecule has 0 aliphatic carbocycles. The van der Waals surface area contributed by atoms with E-state index in [9.17, 15) is 4.79 Å². The average Bonchev–Trinajstić information content (AvgIpc) is 2.45. The minimum Gasteiger partial charge on any atom is -0.347 e. The summed E-state index contributed by atoms with van der Waals surface area (Å²) in [5, 5.41) is 2.98. The second-order valence-corrected chi connectivity index (χ2v) is 6.89. The summed E-state index contributed by atoms with van der Waals surface area (Å²) in [4.78, 5) is 12.1. The van der Waals surface area contributed by atoms with Gasteiger partial charge in [-0.2, -0.15) is 0 Å². The summed E-state index contributed by atoms with van der Waals surface area (Å²) in [6, 6.07) is 16.6. The summed E-state index contributed by atoms with van der Waals surface area (Å²) in [6.45, 7) is 8.06. The predicted octanol–water partition coefficient (Wildman–Crippen LogP) is 4.31. The average molecular weight is 295 g/mol. The van der Waals surface area contributed by atoms with Gasteiger partial charge in [-0.25, -0.2) is 0 Å². The molecule has 2 nitrogen and oxygen atoms in total. The van der Waals surface area contributed by atoms with Crippen molar-refractivity contribution in [2.75, 3.05) is 0 Å². The fourth-order valence-electron chi connectivity index (χ4n) is 2.28. The molecule has 0 aliphatic heterocycles. The van der Waals surface area contributed by atoms with Crippen molar-refractivity contribution in [3.63, 3.8) is 0 Å². The first-order chi connectivity index (χ1) is 10.3. The number of rotatable bonds is 4. The van der Waals surface area contributed by atoms with Crippen LogP contribution in [-0.4, -0.2) is 11.4 Å². The number of amides is 1. The molecular weight excluding hydrogens is 270 g/mol. The monoisotopic (exact) mass is 295 g/mol. The molecule has 0 spiro atoms. The number of carbonyl (C=O) groups excluding carboxylic acids is 1. The third-order valence-electron chi connectivity index (χ3n) is 3.53. The summed E-state index contributed by atoms with van der Waals surface area (Å²) in [5.74, 6) is -0.0161. The maximum Gasteiger partial charge on any atom is 0.251 e. The van der Waals surface area contributed by atoms with Crippen molar-refractivity contribution < 1.29 is 4.79 Å². The van der Waals surface area contributed by atoms with Crippen molar-refractivity contribution in [1.82, 2.24) is 5.32 Å². The number of aryl methyl sites for hydroxylation is 3. The van der Waals surface area contributed by atoms with Gasteiger partial charge < -0.3 is 5.32 Å². The van der Waals surface area contributed by atoms with Crippen LogP contribution in [0.5, 0.6) is 0 Å². The quantitative estimate of drug-likeness (QED) is 0.894. The van der Waals surface area contributed by atoms with Crippen LogP contribution in [0.4, 0.5) is 0 Å². The number of hydrogen-bond donors (Lipinski definition) is 1. The molecule has 0 unspecified atom stereocenters. The number of benzene rings is 2. The van der Waals surface area contributed by atoms with Crippen molar-refractivity contribution >= 4 is 5.91 Å². The summed E-state index contributed by atoms with van der Waals surface area (Å²) in [6.07, 6.45) is 2.01. The van der Waals surface area contributed by atoms with Gasteiger partial charge in [0.05, 0.1) is 0 Å². The normalized spacial score (nSPS) is 11.3. The lowest BCUT2D eigenvalue weighted by Gasteiger charge is -2.20. The van der Waals surface area contributed by atoms with E-state index in [4.69, 9.17) is 0 Å². The Morgan fingerprint density at radius 2 is 1.32 bits per heavy atom. The van der Waals surface area contributed by atoms with Gasteiger partial charge in [0.25, 0.3) is 5.91 Å². The van der Waals surface area contributed by atoms with Gasteiger partial charge in [-0.05, 0) is 63.8 Å². The largest absolute Gasteiger partial charge is 0.347 e. The maximum absolute atomic E-state index is 12.1. The van der Waals surface area contributed by atoms with Crippen molar-refractivity contribution in [3.8, 4) is 0 Å². The lowest BCUT2D eigenvalue weighted by molar-refractivity contribution is 0.0919. The van der Waals surface area contributed by atoms with Crippen LogP contribution in [0.25, 0.3) is 0 Å². The van der Waals surface area contributed by atoms with Crippen molar-refractivity contribution in [1.29, 1.82) is 0 Å². The smallest absolute Gasteiger partial charge is 0.251 e. The molecule has 2 rings (SSSR count). The lowest BCUT2D eigenvalue weighted by atomic mass is 10.0. The van der Waals surface area contributed by atoms with Crippen LogP contribution in [0.1, 0.15) is 47.8 Å². The number of carbonyl (C=O) groups is 1. The zero-order valence-corrected chi connectivity index (χ0v) is 13.9. The maximum atomic E-state index is 12.1. The molecule has 116 valence electrons. The van der Waals surface area contributed by atoms with E-state index >= 15 is 0 Å². The van der Waals surface area contributed by atoms with Crippen LogP contribution in [0.15, 0.2) is 48.5 Å². The molecule has 0 radical (unpaired) electrons. The fourth-order valence-corrected chi connectivity index (χ4v) is 2.28. The van der Waals surface area contributed by atoms with Crippen LogP contribution in [-0.2, 0) is 12.8 Å². The van der Waals surface area contributed by atoms with E-state index in [1.165, 1.54) is 16.7 Å². The molecule has 0 fully saturated rings. The molecule has 0 heterocycles. The molecule has 2 aromatic rings. The Morgan fingerprint density at radius 3 is 1.77 bits per heavy atom. The standard InChI is InChI=1S/C20H25NO/c1-15-5-7-16(8-6-15)9-10-17-11-13-18(14-12-17)19(22)21-20(2,3)4/h5-8,11-14H,9-10H2,1-4H3,(H,21,22). The molecule has 0 saturated heterocycles. The molecule has 1 N–H and O–H groups in total. The number of hydrogen-bond acceptors (Lipinski definition) is 1. The predicted molar refractivity (Wildman–Crippen MR) is 92.2 cm³/mol. The first-order valence-electron chi connectivity index (χ1n) is 7.80. The molecule has 2 heteroatoms. The van der Waals surface area contributed by atoms with Gasteiger partial charge in [-0.1, -0.05) is 42.0 Å². The highest BCUT2D eigenvalue weighted by atomic mass is 16.1. The van der Waals surface area contributed by atoms with Gasteiger partial charge in [0.1, 0.15) is 0 Å². The Labute approximate surface area is 133 Å². The zero-order valence-electron chi connectivity index (χ0n) is 13.9.